The molecule has 14 heavy (non-hydrogen) atoms. The molecule has 1 nitrogen and oxygen atoms in total. The van der Waals surface area contributed by atoms with E-state index in [1.165, 1.54) is 19.3 Å². The van der Waals surface area contributed by atoms with Gasteiger partial charge in [0.15, 0.2) is 0 Å². The van der Waals surface area contributed by atoms with Crippen molar-refractivity contribution in [1.82, 2.24) is 0 Å². The van der Waals surface area contributed by atoms with Gasteiger partial charge in [-0.05, 0) is 37.5 Å². The van der Waals surface area contributed by atoms with Gasteiger partial charge in [0.1, 0.15) is 0 Å². The van der Waals surface area contributed by atoms with E-state index < -0.39 is 0 Å². The monoisotopic (exact) mass is 198 g/mol. The van der Waals surface area contributed by atoms with Crippen molar-refractivity contribution < 1.29 is 5.11 Å². The van der Waals surface area contributed by atoms with E-state index in [0.717, 1.165) is 37.5 Å². The van der Waals surface area contributed by atoms with Crippen molar-refractivity contribution >= 4 is 0 Å². The Hall–Kier alpha value is -0.0400. The molecule has 1 rings (SSSR count). The highest BCUT2D eigenvalue weighted by atomic mass is 16.3. The highest BCUT2D eigenvalue weighted by molar-refractivity contribution is 4.83. The van der Waals surface area contributed by atoms with Gasteiger partial charge in [-0.3, -0.25) is 0 Å². The van der Waals surface area contributed by atoms with Crippen LogP contribution in [0.3, 0.4) is 0 Å². The van der Waals surface area contributed by atoms with Crippen molar-refractivity contribution in [2.24, 2.45) is 11.8 Å². The predicted octanol–water partition coefficient (Wildman–Crippen LogP) is 3.75. The normalized spacial score (nSPS) is 34.5. The Bertz CT molecular complexity index is 165. The third-order valence-corrected chi connectivity index (χ3v) is 3.86. The predicted molar refractivity (Wildman–Crippen MR) is 61.3 cm³/mol. The van der Waals surface area contributed by atoms with Crippen molar-refractivity contribution in [1.29, 1.82) is 0 Å². The van der Waals surface area contributed by atoms with Crippen LogP contribution in [0.4, 0.5) is 0 Å². The molecule has 2 unspecified atom stereocenters. The molecule has 0 aromatic rings. The topological polar surface area (TPSA) is 20.2 Å². The molecule has 1 N–H and O–H groups in total. The van der Waals surface area contributed by atoms with Crippen LogP contribution < -0.4 is 0 Å². The van der Waals surface area contributed by atoms with Gasteiger partial charge in [0, 0.05) is 0 Å². The molecule has 1 fully saturated rings. The number of aliphatic hydroxyl groups is 1. The van der Waals surface area contributed by atoms with Gasteiger partial charge in [0.2, 0.25) is 0 Å². The van der Waals surface area contributed by atoms with E-state index in [4.69, 9.17) is 0 Å². The van der Waals surface area contributed by atoms with E-state index in [-0.39, 0.29) is 5.60 Å². The van der Waals surface area contributed by atoms with Crippen LogP contribution in [0.1, 0.15) is 65.7 Å². The van der Waals surface area contributed by atoms with Crippen molar-refractivity contribution in [2.45, 2.75) is 71.3 Å². The van der Waals surface area contributed by atoms with Gasteiger partial charge in [-0.25, -0.2) is 0 Å². The molecule has 84 valence electrons. The maximum Gasteiger partial charge on any atom is 0.0647 e. The van der Waals surface area contributed by atoms with E-state index in [1.54, 1.807) is 0 Å². The molecular formula is C13H26O. The maximum absolute atomic E-state index is 10.4. The second-order valence-corrected chi connectivity index (χ2v) is 5.41. The first kappa shape index (κ1) is 12.0. The van der Waals surface area contributed by atoms with Crippen LogP contribution in [-0.4, -0.2) is 10.7 Å². The fourth-order valence-corrected chi connectivity index (χ4v) is 2.80. The van der Waals surface area contributed by atoms with Crippen molar-refractivity contribution in [3.8, 4) is 0 Å². The molecule has 0 amide bonds. The zero-order valence-corrected chi connectivity index (χ0v) is 10.1. The van der Waals surface area contributed by atoms with Crippen LogP contribution in [0.15, 0.2) is 0 Å². The number of hydrogen-bond acceptors (Lipinski definition) is 1. The Morgan fingerprint density at radius 2 is 2.00 bits per heavy atom. The minimum Gasteiger partial charge on any atom is -0.390 e. The van der Waals surface area contributed by atoms with E-state index >= 15 is 0 Å². The van der Waals surface area contributed by atoms with Crippen LogP contribution in [0, 0.1) is 11.8 Å². The van der Waals surface area contributed by atoms with E-state index in [9.17, 15) is 5.11 Å². The summed E-state index contributed by atoms with van der Waals surface area (Å²) in [7, 11) is 0. The summed E-state index contributed by atoms with van der Waals surface area (Å²) >= 11 is 0. The summed E-state index contributed by atoms with van der Waals surface area (Å²) in [5.74, 6) is 1.64. The molecule has 0 heterocycles. The Labute approximate surface area is 88.9 Å². The largest absolute Gasteiger partial charge is 0.390 e. The van der Waals surface area contributed by atoms with Gasteiger partial charge >= 0.3 is 0 Å². The minimum absolute atomic E-state index is 0.321. The summed E-state index contributed by atoms with van der Waals surface area (Å²) in [6.45, 7) is 6.80. The van der Waals surface area contributed by atoms with E-state index in [2.05, 4.69) is 20.8 Å². The van der Waals surface area contributed by atoms with Crippen LogP contribution in [0.5, 0.6) is 0 Å². The van der Waals surface area contributed by atoms with Crippen molar-refractivity contribution in [3.05, 3.63) is 0 Å². The second kappa shape index (κ2) is 5.16. The van der Waals surface area contributed by atoms with Gasteiger partial charge < -0.3 is 5.11 Å². The van der Waals surface area contributed by atoms with Gasteiger partial charge in [0.25, 0.3) is 0 Å². The van der Waals surface area contributed by atoms with Gasteiger partial charge in [-0.15, -0.1) is 0 Å². The van der Waals surface area contributed by atoms with E-state index in [1.807, 2.05) is 0 Å². The second-order valence-electron chi connectivity index (χ2n) is 5.41. The summed E-state index contributed by atoms with van der Waals surface area (Å²) in [5.41, 5.74) is -0.321. The summed E-state index contributed by atoms with van der Waals surface area (Å²) in [6.07, 6.45) is 7.95. The molecule has 1 heteroatoms. The first-order chi connectivity index (χ1) is 6.57. The third kappa shape index (κ3) is 3.27. The quantitative estimate of drug-likeness (QED) is 0.685. The minimum atomic E-state index is -0.321. The first-order valence-electron chi connectivity index (χ1n) is 6.30. The summed E-state index contributed by atoms with van der Waals surface area (Å²) in [6, 6.07) is 0. The lowest BCUT2D eigenvalue weighted by Crippen LogP contribution is -2.27. The molecule has 1 saturated carbocycles. The first-order valence-corrected chi connectivity index (χ1v) is 6.30. The molecular weight excluding hydrogens is 172 g/mol. The van der Waals surface area contributed by atoms with E-state index in [0.29, 0.717) is 0 Å². The van der Waals surface area contributed by atoms with Crippen LogP contribution in [0.2, 0.25) is 0 Å². The standard InChI is InChI=1S/C13H26O/c1-4-8-13(14)9-5-6-12(7-10-13)11(2)3/h11-12,14H,4-10H2,1-3H3. The van der Waals surface area contributed by atoms with Crippen molar-refractivity contribution in [3.63, 3.8) is 0 Å². The lowest BCUT2D eigenvalue weighted by Gasteiger charge is -2.26. The summed E-state index contributed by atoms with van der Waals surface area (Å²) in [5, 5.41) is 10.4. The third-order valence-electron chi connectivity index (χ3n) is 3.86. The average Bonchev–Trinajstić information content (AvgIpc) is 2.28. The van der Waals surface area contributed by atoms with Gasteiger partial charge in [0.05, 0.1) is 5.60 Å². The Morgan fingerprint density at radius 1 is 1.29 bits per heavy atom. The van der Waals surface area contributed by atoms with Crippen LogP contribution >= 0.6 is 0 Å². The summed E-state index contributed by atoms with van der Waals surface area (Å²) < 4.78 is 0. The average molecular weight is 198 g/mol. The molecule has 0 aliphatic heterocycles. The molecule has 1 aliphatic carbocycles. The molecule has 0 saturated heterocycles. The van der Waals surface area contributed by atoms with Crippen molar-refractivity contribution in [2.75, 3.05) is 0 Å². The zero-order chi connectivity index (χ0) is 10.6. The fraction of sp³-hybridized carbons (Fsp3) is 1.00. The highest BCUT2D eigenvalue weighted by Crippen LogP contribution is 2.36. The molecule has 2 atom stereocenters. The van der Waals surface area contributed by atoms with Gasteiger partial charge in [-0.1, -0.05) is 40.0 Å². The lowest BCUT2D eigenvalue weighted by atomic mass is 9.86. The maximum atomic E-state index is 10.4. The Morgan fingerprint density at radius 3 is 2.57 bits per heavy atom. The number of rotatable bonds is 3. The molecule has 0 radical (unpaired) electrons. The SMILES string of the molecule is CCCC1(O)CCCC(C(C)C)CC1. The fourth-order valence-electron chi connectivity index (χ4n) is 2.80. The highest BCUT2D eigenvalue weighted by Gasteiger charge is 2.30. The molecule has 0 aromatic carbocycles. The zero-order valence-electron chi connectivity index (χ0n) is 10.1. The van der Waals surface area contributed by atoms with Crippen LogP contribution in [-0.2, 0) is 0 Å². The number of hydrogen-bond donors (Lipinski definition) is 1. The summed E-state index contributed by atoms with van der Waals surface area (Å²) in [4.78, 5) is 0. The Kier molecular flexibility index (Phi) is 4.43. The smallest absolute Gasteiger partial charge is 0.0647 e. The van der Waals surface area contributed by atoms with Crippen LogP contribution in [0.25, 0.3) is 0 Å². The molecule has 0 aromatic heterocycles. The lowest BCUT2D eigenvalue weighted by molar-refractivity contribution is 0.0143. The molecule has 0 bridgehead atoms. The molecule has 1 aliphatic rings. The Balaban J connectivity index is 2.47. The molecule has 0 spiro atoms. The van der Waals surface area contributed by atoms with Gasteiger partial charge in [-0.2, -0.15) is 0 Å².